The first-order valence-electron chi connectivity index (χ1n) is 6.54. The van der Waals surface area contributed by atoms with E-state index in [1.807, 2.05) is 13.0 Å². The molecule has 2 aromatic carbocycles. The number of hydrogen-bond acceptors (Lipinski definition) is 2. The van der Waals surface area contributed by atoms with E-state index >= 15 is 0 Å². The third-order valence-corrected chi connectivity index (χ3v) is 2.96. The minimum atomic E-state index is -0.414. The second kappa shape index (κ2) is 6.37. The highest BCUT2D eigenvalue weighted by Crippen LogP contribution is 2.24. The Labute approximate surface area is 117 Å². The van der Waals surface area contributed by atoms with Gasteiger partial charge in [0.1, 0.15) is 5.82 Å². The summed E-state index contributed by atoms with van der Waals surface area (Å²) in [5, 5.41) is 3.13. The van der Waals surface area contributed by atoms with Gasteiger partial charge in [0.15, 0.2) is 11.6 Å². The second-order valence-corrected chi connectivity index (χ2v) is 4.50. The molecule has 106 valence electrons. The highest BCUT2D eigenvalue weighted by Gasteiger charge is 2.09. The van der Waals surface area contributed by atoms with Gasteiger partial charge in [-0.05, 0) is 43.7 Å². The lowest BCUT2D eigenvalue weighted by molar-refractivity contribution is 0.321. The van der Waals surface area contributed by atoms with Crippen LogP contribution < -0.4 is 10.1 Å². The van der Waals surface area contributed by atoms with Gasteiger partial charge < -0.3 is 10.1 Å². The van der Waals surface area contributed by atoms with Gasteiger partial charge in [-0.25, -0.2) is 8.78 Å². The third-order valence-electron chi connectivity index (χ3n) is 2.96. The van der Waals surface area contributed by atoms with Crippen molar-refractivity contribution in [1.82, 2.24) is 0 Å². The zero-order valence-electron chi connectivity index (χ0n) is 11.5. The van der Waals surface area contributed by atoms with Gasteiger partial charge in [-0.15, -0.1) is 0 Å². The van der Waals surface area contributed by atoms with Gasteiger partial charge in [0, 0.05) is 17.8 Å². The molecule has 2 aromatic rings. The van der Waals surface area contributed by atoms with E-state index in [2.05, 4.69) is 5.32 Å². The van der Waals surface area contributed by atoms with Crippen LogP contribution in [0.5, 0.6) is 5.75 Å². The van der Waals surface area contributed by atoms with Crippen molar-refractivity contribution in [3.8, 4) is 5.75 Å². The van der Waals surface area contributed by atoms with E-state index in [0.717, 1.165) is 5.56 Å². The predicted molar refractivity (Wildman–Crippen MR) is 76.0 cm³/mol. The largest absolute Gasteiger partial charge is 0.491 e. The Bertz CT molecular complexity index is 586. The molecule has 0 saturated carbocycles. The average Bonchev–Trinajstić information content (AvgIpc) is 2.42. The molecule has 1 atom stereocenters. The quantitative estimate of drug-likeness (QED) is 0.866. The van der Waals surface area contributed by atoms with Crippen LogP contribution in [0, 0.1) is 11.6 Å². The molecule has 0 fully saturated rings. The molecule has 0 aliphatic rings. The standard InChI is InChI=1S/C16H17F2NO/c1-3-20-16-8-7-14(10-15(16)18)19-11(2)12-5-4-6-13(17)9-12/h4-11,19H,3H2,1-2H3. The summed E-state index contributed by atoms with van der Waals surface area (Å²) < 4.78 is 32.0. The summed E-state index contributed by atoms with van der Waals surface area (Å²) in [5.74, 6) is -0.464. The summed E-state index contributed by atoms with van der Waals surface area (Å²) in [5.41, 5.74) is 1.43. The molecule has 0 aliphatic heterocycles. The fourth-order valence-electron chi connectivity index (χ4n) is 1.97. The van der Waals surface area contributed by atoms with Gasteiger partial charge in [0.2, 0.25) is 0 Å². The van der Waals surface area contributed by atoms with E-state index in [1.54, 1.807) is 25.1 Å². The normalized spacial score (nSPS) is 12.0. The Morgan fingerprint density at radius 2 is 1.95 bits per heavy atom. The van der Waals surface area contributed by atoms with Crippen LogP contribution >= 0.6 is 0 Å². The molecule has 0 saturated heterocycles. The fourth-order valence-corrected chi connectivity index (χ4v) is 1.97. The molecular formula is C16H17F2NO. The van der Waals surface area contributed by atoms with Gasteiger partial charge in [0.05, 0.1) is 6.61 Å². The molecular weight excluding hydrogens is 260 g/mol. The van der Waals surface area contributed by atoms with Gasteiger partial charge in [-0.1, -0.05) is 12.1 Å². The Morgan fingerprint density at radius 3 is 2.60 bits per heavy atom. The highest BCUT2D eigenvalue weighted by molar-refractivity contribution is 5.49. The number of ether oxygens (including phenoxy) is 1. The average molecular weight is 277 g/mol. The van der Waals surface area contributed by atoms with Crippen molar-refractivity contribution in [2.45, 2.75) is 19.9 Å². The third kappa shape index (κ3) is 3.47. The van der Waals surface area contributed by atoms with Crippen molar-refractivity contribution >= 4 is 5.69 Å². The van der Waals surface area contributed by atoms with Crippen molar-refractivity contribution in [3.05, 3.63) is 59.7 Å². The molecule has 0 bridgehead atoms. The van der Waals surface area contributed by atoms with Crippen molar-refractivity contribution in [2.24, 2.45) is 0 Å². The van der Waals surface area contributed by atoms with Crippen molar-refractivity contribution in [2.75, 3.05) is 11.9 Å². The summed E-state index contributed by atoms with van der Waals surface area (Å²) in [6, 6.07) is 10.9. The molecule has 0 spiro atoms. The first-order chi connectivity index (χ1) is 9.60. The van der Waals surface area contributed by atoms with E-state index in [0.29, 0.717) is 12.3 Å². The molecule has 0 aromatic heterocycles. The predicted octanol–water partition coefficient (Wildman–Crippen LogP) is 4.54. The number of nitrogens with one attached hydrogen (secondary N) is 1. The maximum atomic E-state index is 13.7. The van der Waals surface area contributed by atoms with Crippen LogP contribution in [0.25, 0.3) is 0 Å². The highest BCUT2D eigenvalue weighted by atomic mass is 19.1. The van der Waals surface area contributed by atoms with Crippen LogP contribution in [-0.4, -0.2) is 6.61 Å². The second-order valence-electron chi connectivity index (χ2n) is 4.50. The first-order valence-corrected chi connectivity index (χ1v) is 6.54. The lowest BCUT2D eigenvalue weighted by atomic mass is 10.1. The van der Waals surface area contributed by atoms with Gasteiger partial charge >= 0.3 is 0 Å². The number of anilines is 1. The van der Waals surface area contributed by atoms with Crippen molar-refractivity contribution in [1.29, 1.82) is 0 Å². The summed E-state index contributed by atoms with van der Waals surface area (Å²) in [6.45, 7) is 4.12. The number of benzene rings is 2. The minimum Gasteiger partial charge on any atom is -0.491 e. The van der Waals surface area contributed by atoms with Crippen LogP contribution in [0.3, 0.4) is 0 Å². The molecule has 2 nitrogen and oxygen atoms in total. The molecule has 2 rings (SSSR count). The maximum absolute atomic E-state index is 13.7. The molecule has 1 N–H and O–H groups in total. The topological polar surface area (TPSA) is 21.3 Å². The van der Waals surface area contributed by atoms with Crippen LogP contribution in [0.15, 0.2) is 42.5 Å². The summed E-state index contributed by atoms with van der Waals surface area (Å²) in [6.07, 6.45) is 0. The Kier molecular flexibility index (Phi) is 4.56. The van der Waals surface area contributed by atoms with Crippen molar-refractivity contribution in [3.63, 3.8) is 0 Å². The van der Waals surface area contributed by atoms with Crippen molar-refractivity contribution < 1.29 is 13.5 Å². The monoisotopic (exact) mass is 277 g/mol. The van der Waals surface area contributed by atoms with Crippen LogP contribution in [0.4, 0.5) is 14.5 Å². The summed E-state index contributed by atoms with van der Waals surface area (Å²) >= 11 is 0. The molecule has 0 radical (unpaired) electrons. The van der Waals surface area contributed by atoms with Crippen LogP contribution in [0.1, 0.15) is 25.5 Å². The molecule has 1 unspecified atom stereocenters. The SMILES string of the molecule is CCOc1ccc(NC(C)c2cccc(F)c2)cc1F. The molecule has 0 amide bonds. The van der Waals surface area contributed by atoms with E-state index in [4.69, 9.17) is 4.74 Å². The fraction of sp³-hybridized carbons (Fsp3) is 0.250. The van der Waals surface area contributed by atoms with Crippen LogP contribution in [-0.2, 0) is 0 Å². The smallest absolute Gasteiger partial charge is 0.167 e. The van der Waals surface area contributed by atoms with E-state index < -0.39 is 5.82 Å². The first kappa shape index (κ1) is 14.3. The van der Waals surface area contributed by atoms with Crippen LogP contribution in [0.2, 0.25) is 0 Å². The summed E-state index contributed by atoms with van der Waals surface area (Å²) in [7, 11) is 0. The zero-order chi connectivity index (χ0) is 14.5. The molecule has 0 aliphatic carbocycles. The Balaban J connectivity index is 2.11. The lowest BCUT2D eigenvalue weighted by Gasteiger charge is -2.16. The van der Waals surface area contributed by atoms with Gasteiger partial charge in [-0.2, -0.15) is 0 Å². The molecule has 20 heavy (non-hydrogen) atoms. The Morgan fingerprint density at radius 1 is 1.15 bits per heavy atom. The maximum Gasteiger partial charge on any atom is 0.167 e. The Hall–Kier alpha value is -2.10. The lowest BCUT2D eigenvalue weighted by Crippen LogP contribution is -2.07. The number of halogens is 2. The number of rotatable bonds is 5. The molecule has 4 heteroatoms. The van der Waals surface area contributed by atoms with E-state index in [1.165, 1.54) is 18.2 Å². The van der Waals surface area contributed by atoms with Gasteiger partial charge in [0.25, 0.3) is 0 Å². The number of hydrogen-bond donors (Lipinski definition) is 1. The van der Waals surface area contributed by atoms with E-state index in [9.17, 15) is 8.78 Å². The minimum absolute atomic E-state index is 0.122. The van der Waals surface area contributed by atoms with E-state index in [-0.39, 0.29) is 17.6 Å². The van der Waals surface area contributed by atoms with Gasteiger partial charge in [-0.3, -0.25) is 0 Å². The summed E-state index contributed by atoms with van der Waals surface area (Å²) in [4.78, 5) is 0. The molecule has 0 heterocycles. The zero-order valence-corrected chi connectivity index (χ0v) is 11.5.